The van der Waals surface area contributed by atoms with E-state index in [2.05, 4.69) is 31.0 Å². The molecule has 114 valence electrons. The number of aromatic nitrogens is 2. The Bertz CT molecular complexity index is 592. The van der Waals surface area contributed by atoms with Gasteiger partial charge in [0.1, 0.15) is 0 Å². The maximum atomic E-state index is 5.98. The van der Waals surface area contributed by atoms with E-state index < -0.39 is 0 Å². The van der Waals surface area contributed by atoms with Gasteiger partial charge in [0, 0.05) is 22.6 Å². The molecule has 1 aliphatic rings. The van der Waals surface area contributed by atoms with E-state index in [0.717, 1.165) is 36.0 Å². The van der Waals surface area contributed by atoms with Crippen molar-refractivity contribution in [3.05, 3.63) is 34.6 Å². The van der Waals surface area contributed by atoms with Crippen LogP contribution in [0, 0.1) is 0 Å². The first-order valence-electron chi connectivity index (χ1n) is 6.77. The van der Waals surface area contributed by atoms with Crippen LogP contribution in [0.25, 0.3) is 11.4 Å². The zero-order valence-corrected chi connectivity index (χ0v) is 13.9. The summed E-state index contributed by atoms with van der Waals surface area (Å²) in [6.45, 7) is 2.62. The fourth-order valence-electron chi connectivity index (χ4n) is 2.49. The van der Waals surface area contributed by atoms with E-state index in [0.29, 0.717) is 18.3 Å². The molecule has 0 unspecified atom stereocenters. The molecule has 0 saturated carbocycles. The molecule has 7 heteroatoms. The molecule has 2 aromatic rings. The highest BCUT2D eigenvalue weighted by Crippen LogP contribution is 2.21. The molecular weight excluding hydrogens is 356 g/mol. The molecule has 3 rings (SSSR count). The molecule has 5 nitrogen and oxygen atoms in total. The number of hydrogen-bond acceptors (Lipinski definition) is 5. The maximum absolute atomic E-state index is 5.98. The van der Waals surface area contributed by atoms with Crippen LogP contribution in [-0.2, 0) is 6.54 Å². The number of hydrogen-bond donors (Lipinski definition) is 1. The van der Waals surface area contributed by atoms with Crippen LogP contribution < -0.4 is 5.73 Å². The molecule has 1 aromatic carbocycles. The van der Waals surface area contributed by atoms with Crippen molar-refractivity contribution in [1.82, 2.24) is 15.0 Å². The van der Waals surface area contributed by atoms with Crippen LogP contribution in [-0.4, -0.2) is 34.2 Å². The lowest BCUT2D eigenvalue weighted by molar-refractivity contribution is 0.178. The quantitative estimate of drug-likeness (QED) is 0.896. The summed E-state index contributed by atoms with van der Waals surface area (Å²) in [7, 11) is 0. The Morgan fingerprint density at radius 1 is 1.43 bits per heavy atom. The number of rotatable bonds is 3. The van der Waals surface area contributed by atoms with Gasteiger partial charge >= 0.3 is 0 Å². The van der Waals surface area contributed by atoms with Crippen LogP contribution >= 0.6 is 28.3 Å². The van der Waals surface area contributed by atoms with E-state index in [9.17, 15) is 0 Å². The monoisotopic (exact) mass is 372 g/mol. The van der Waals surface area contributed by atoms with Crippen molar-refractivity contribution >= 4 is 28.3 Å². The molecule has 0 spiro atoms. The van der Waals surface area contributed by atoms with E-state index in [1.54, 1.807) is 0 Å². The summed E-state index contributed by atoms with van der Waals surface area (Å²) in [6.07, 6.45) is 2.23. The highest BCUT2D eigenvalue weighted by molar-refractivity contribution is 9.10. The molecule has 1 saturated heterocycles. The summed E-state index contributed by atoms with van der Waals surface area (Å²) in [5.74, 6) is 1.27. The van der Waals surface area contributed by atoms with Crippen molar-refractivity contribution in [3.8, 4) is 11.4 Å². The van der Waals surface area contributed by atoms with Crippen LogP contribution in [0.1, 0.15) is 18.7 Å². The van der Waals surface area contributed by atoms with Gasteiger partial charge in [0.15, 0.2) is 0 Å². The second kappa shape index (κ2) is 7.35. The summed E-state index contributed by atoms with van der Waals surface area (Å²) >= 11 is 3.44. The zero-order chi connectivity index (χ0) is 13.9. The first-order chi connectivity index (χ1) is 9.70. The molecule has 2 N–H and O–H groups in total. The fraction of sp³-hybridized carbons (Fsp3) is 0.429. The highest BCUT2D eigenvalue weighted by atomic mass is 79.9. The summed E-state index contributed by atoms with van der Waals surface area (Å²) in [6, 6.07) is 8.14. The lowest BCUT2D eigenvalue weighted by Crippen LogP contribution is -2.42. The number of nitrogens with zero attached hydrogens (tertiary/aromatic N) is 3. The zero-order valence-electron chi connectivity index (χ0n) is 11.5. The van der Waals surface area contributed by atoms with Crippen LogP contribution in [0.5, 0.6) is 0 Å². The third-order valence-corrected chi connectivity index (χ3v) is 3.94. The van der Waals surface area contributed by atoms with E-state index in [1.807, 2.05) is 24.3 Å². The first kappa shape index (κ1) is 16.4. The van der Waals surface area contributed by atoms with Crippen molar-refractivity contribution in [2.24, 2.45) is 5.73 Å². The van der Waals surface area contributed by atoms with Gasteiger partial charge in [-0.3, -0.25) is 4.90 Å². The third-order valence-electron chi connectivity index (χ3n) is 3.45. The van der Waals surface area contributed by atoms with E-state index in [1.165, 1.54) is 0 Å². The SMILES string of the molecule is Cl.N[C@@H]1CCCN(Cc2nc(-c3cccc(Br)c3)no2)C1. The summed E-state index contributed by atoms with van der Waals surface area (Å²) < 4.78 is 6.34. The summed E-state index contributed by atoms with van der Waals surface area (Å²) in [5.41, 5.74) is 6.93. The fourth-order valence-corrected chi connectivity index (χ4v) is 2.89. The Hall–Kier alpha value is -0.950. The third kappa shape index (κ3) is 4.26. The average Bonchev–Trinajstić information content (AvgIpc) is 2.87. The Morgan fingerprint density at radius 2 is 2.29 bits per heavy atom. The van der Waals surface area contributed by atoms with Crippen molar-refractivity contribution < 1.29 is 4.52 Å². The average molecular weight is 374 g/mol. The molecule has 0 aliphatic carbocycles. The Kier molecular flexibility index (Phi) is 5.75. The minimum Gasteiger partial charge on any atom is -0.338 e. The molecule has 1 fully saturated rings. The predicted octanol–water partition coefficient (Wildman–Crippen LogP) is 2.84. The van der Waals surface area contributed by atoms with Gasteiger partial charge in [0.25, 0.3) is 0 Å². The van der Waals surface area contributed by atoms with Crippen molar-refractivity contribution in [1.29, 1.82) is 0 Å². The van der Waals surface area contributed by atoms with Crippen molar-refractivity contribution in [2.45, 2.75) is 25.4 Å². The molecule has 1 atom stereocenters. The summed E-state index contributed by atoms with van der Waals surface area (Å²) in [5, 5.41) is 4.05. The predicted molar refractivity (Wildman–Crippen MR) is 87.2 cm³/mol. The summed E-state index contributed by atoms with van der Waals surface area (Å²) in [4.78, 5) is 6.73. The molecule has 0 amide bonds. The first-order valence-corrected chi connectivity index (χ1v) is 7.56. The number of likely N-dealkylation sites (tertiary alicyclic amines) is 1. The van der Waals surface area contributed by atoms with Gasteiger partial charge in [-0.25, -0.2) is 0 Å². The molecule has 0 radical (unpaired) electrons. The molecule has 2 heterocycles. The van der Waals surface area contributed by atoms with Gasteiger partial charge in [-0.15, -0.1) is 12.4 Å². The highest BCUT2D eigenvalue weighted by Gasteiger charge is 2.19. The van der Waals surface area contributed by atoms with Crippen LogP contribution in [0.15, 0.2) is 33.3 Å². The number of piperidine rings is 1. The van der Waals surface area contributed by atoms with Gasteiger partial charge in [0.2, 0.25) is 11.7 Å². The van der Waals surface area contributed by atoms with E-state index in [-0.39, 0.29) is 18.4 Å². The van der Waals surface area contributed by atoms with Crippen LogP contribution in [0.3, 0.4) is 0 Å². The van der Waals surface area contributed by atoms with Gasteiger partial charge in [-0.2, -0.15) is 4.98 Å². The van der Waals surface area contributed by atoms with Crippen molar-refractivity contribution in [3.63, 3.8) is 0 Å². The number of nitrogens with two attached hydrogens (primary N) is 1. The lowest BCUT2D eigenvalue weighted by atomic mass is 10.1. The molecule has 1 aliphatic heterocycles. The van der Waals surface area contributed by atoms with E-state index in [4.69, 9.17) is 10.3 Å². The number of halogens is 2. The normalized spacial score (nSPS) is 19.2. The lowest BCUT2D eigenvalue weighted by Gasteiger charge is -2.29. The Balaban J connectivity index is 0.00000161. The van der Waals surface area contributed by atoms with E-state index >= 15 is 0 Å². The number of benzene rings is 1. The van der Waals surface area contributed by atoms with Crippen molar-refractivity contribution in [2.75, 3.05) is 13.1 Å². The second-order valence-electron chi connectivity index (χ2n) is 5.16. The van der Waals surface area contributed by atoms with Crippen LogP contribution in [0.2, 0.25) is 0 Å². The maximum Gasteiger partial charge on any atom is 0.241 e. The Morgan fingerprint density at radius 3 is 3.05 bits per heavy atom. The Labute approximate surface area is 138 Å². The second-order valence-corrected chi connectivity index (χ2v) is 6.08. The molecule has 21 heavy (non-hydrogen) atoms. The topological polar surface area (TPSA) is 68.2 Å². The van der Waals surface area contributed by atoms with Gasteiger partial charge in [0.05, 0.1) is 6.54 Å². The standard InChI is InChI=1S/C14H17BrN4O.ClH/c15-11-4-1-3-10(7-11)14-17-13(20-18-14)9-19-6-2-5-12(16)8-19;/h1,3-4,7,12H,2,5-6,8-9,16H2;1H/t12-;/m1./s1. The smallest absolute Gasteiger partial charge is 0.241 e. The van der Waals surface area contributed by atoms with Gasteiger partial charge < -0.3 is 10.3 Å². The minimum atomic E-state index is 0. The van der Waals surface area contributed by atoms with Gasteiger partial charge in [-0.1, -0.05) is 33.2 Å². The minimum absolute atomic E-state index is 0. The molecule has 0 bridgehead atoms. The molecule has 1 aromatic heterocycles. The largest absolute Gasteiger partial charge is 0.338 e. The molecular formula is C14H18BrClN4O. The van der Waals surface area contributed by atoms with Gasteiger partial charge in [-0.05, 0) is 31.5 Å². The van der Waals surface area contributed by atoms with Crippen LogP contribution in [0.4, 0.5) is 0 Å².